The molecule has 0 unspecified atom stereocenters. The molecule has 4 aromatic rings. The van der Waals surface area contributed by atoms with Crippen molar-refractivity contribution in [3.05, 3.63) is 83.8 Å². The Morgan fingerprint density at radius 3 is 2.57 bits per heavy atom. The van der Waals surface area contributed by atoms with Gasteiger partial charge in [-0.2, -0.15) is 5.10 Å². The number of hydrogen-bond donors (Lipinski definition) is 3. The molecular formula is C26H26N6O3. The lowest BCUT2D eigenvalue weighted by atomic mass is 9.93. The summed E-state index contributed by atoms with van der Waals surface area (Å²) >= 11 is 0. The molecule has 2 aromatic heterocycles. The minimum Gasteiger partial charge on any atom is -0.465 e. The van der Waals surface area contributed by atoms with Gasteiger partial charge in [-0.25, -0.2) is 14.3 Å². The lowest BCUT2D eigenvalue weighted by molar-refractivity contribution is 0.0950. The van der Waals surface area contributed by atoms with Gasteiger partial charge in [-0.1, -0.05) is 42.5 Å². The summed E-state index contributed by atoms with van der Waals surface area (Å²) in [5.41, 5.74) is 11.2. The molecular weight excluding hydrogens is 444 g/mol. The molecule has 9 nitrogen and oxygen atoms in total. The van der Waals surface area contributed by atoms with Crippen molar-refractivity contribution in [3.63, 3.8) is 0 Å². The van der Waals surface area contributed by atoms with Crippen molar-refractivity contribution >= 4 is 23.3 Å². The Balaban J connectivity index is 1.45. The molecule has 178 valence electrons. The summed E-state index contributed by atoms with van der Waals surface area (Å²) in [6, 6.07) is 19.2. The number of carboxylic acid groups (broad SMARTS) is 1. The first-order valence-electron chi connectivity index (χ1n) is 11.5. The van der Waals surface area contributed by atoms with Gasteiger partial charge in [-0.3, -0.25) is 4.79 Å². The number of benzene rings is 2. The van der Waals surface area contributed by atoms with Gasteiger partial charge >= 0.3 is 6.09 Å². The molecule has 2 aromatic carbocycles. The van der Waals surface area contributed by atoms with Gasteiger partial charge in [-0.05, 0) is 42.2 Å². The number of nitrogens with zero attached hydrogens (tertiary/aromatic N) is 4. The third kappa shape index (κ3) is 4.52. The Bertz CT molecular complexity index is 1380. The van der Waals surface area contributed by atoms with Crippen LogP contribution in [0.3, 0.4) is 0 Å². The number of piperidine rings is 1. The Morgan fingerprint density at radius 1 is 1.06 bits per heavy atom. The van der Waals surface area contributed by atoms with E-state index in [4.69, 9.17) is 5.73 Å². The molecule has 3 heterocycles. The van der Waals surface area contributed by atoms with E-state index in [2.05, 4.69) is 15.4 Å². The molecule has 0 atom stereocenters. The highest BCUT2D eigenvalue weighted by molar-refractivity contribution is 5.97. The van der Waals surface area contributed by atoms with E-state index in [9.17, 15) is 14.7 Å². The lowest BCUT2D eigenvalue weighted by Gasteiger charge is -2.29. The van der Waals surface area contributed by atoms with Crippen LogP contribution in [0, 0.1) is 0 Å². The van der Waals surface area contributed by atoms with E-state index in [1.54, 1.807) is 10.6 Å². The average Bonchev–Trinajstić information content (AvgIpc) is 3.29. The number of aromatic nitrogens is 3. The fourth-order valence-corrected chi connectivity index (χ4v) is 4.68. The quantitative estimate of drug-likeness (QED) is 0.408. The van der Waals surface area contributed by atoms with E-state index < -0.39 is 6.09 Å². The number of rotatable bonds is 5. The smallest absolute Gasteiger partial charge is 0.407 e. The summed E-state index contributed by atoms with van der Waals surface area (Å²) in [6.45, 7) is 1.39. The molecule has 4 N–H and O–H groups in total. The van der Waals surface area contributed by atoms with Crippen molar-refractivity contribution in [1.82, 2.24) is 24.8 Å². The summed E-state index contributed by atoms with van der Waals surface area (Å²) in [7, 11) is 0. The normalized spacial score (nSPS) is 14.2. The molecule has 0 bridgehead atoms. The van der Waals surface area contributed by atoms with Crippen LogP contribution in [-0.4, -0.2) is 49.7 Å². The largest absolute Gasteiger partial charge is 0.465 e. The molecule has 9 heteroatoms. The van der Waals surface area contributed by atoms with Crippen LogP contribution in [0.1, 0.15) is 40.4 Å². The van der Waals surface area contributed by atoms with Crippen molar-refractivity contribution in [1.29, 1.82) is 0 Å². The number of carbonyl (C=O) groups excluding carboxylic acids is 1. The zero-order chi connectivity index (χ0) is 24.4. The molecule has 5 rings (SSSR count). The molecule has 0 aliphatic carbocycles. The number of nitrogens with two attached hydrogens (primary N) is 1. The number of likely N-dealkylation sites (tertiary alicyclic amines) is 1. The van der Waals surface area contributed by atoms with E-state index >= 15 is 0 Å². The first-order valence-corrected chi connectivity index (χ1v) is 11.5. The molecule has 0 radical (unpaired) electrons. The Morgan fingerprint density at radius 2 is 1.83 bits per heavy atom. The topological polar surface area (TPSA) is 126 Å². The molecule has 1 aliphatic heterocycles. The van der Waals surface area contributed by atoms with Crippen LogP contribution >= 0.6 is 0 Å². The first-order chi connectivity index (χ1) is 17.0. The number of amides is 2. The maximum atomic E-state index is 12.9. The van der Waals surface area contributed by atoms with E-state index in [0.717, 1.165) is 22.4 Å². The standard InChI is InChI=1S/C26H26N6O3/c27-24-23-21(14-22(32(23)30-16-29-24)18-9-11-31(12-10-18)26(34)35)19-7-4-8-20(13-19)25(33)28-15-17-5-2-1-3-6-17/h1-8,13-14,16,18H,9-12,15H2,(H,28,33)(H,34,35)(H2,27,29,30). The van der Waals surface area contributed by atoms with Crippen LogP contribution < -0.4 is 11.1 Å². The van der Waals surface area contributed by atoms with Gasteiger partial charge < -0.3 is 21.1 Å². The minimum absolute atomic E-state index is 0.138. The van der Waals surface area contributed by atoms with Crippen LogP contribution in [0.4, 0.5) is 10.6 Å². The van der Waals surface area contributed by atoms with Crippen molar-refractivity contribution in [3.8, 4) is 11.1 Å². The Hall–Kier alpha value is -4.40. The summed E-state index contributed by atoms with van der Waals surface area (Å²) in [4.78, 5) is 29.8. The summed E-state index contributed by atoms with van der Waals surface area (Å²) in [5.74, 6) is 0.325. The molecule has 2 amide bonds. The highest BCUT2D eigenvalue weighted by Crippen LogP contribution is 2.36. The zero-order valence-electron chi connectivity index (χ0n) is 19.1. The van der Waals surface area contributed by atoms with E-state index in [1.165, 1.54) is 11.2 Å². The third-order valence-corrected chi connectivity index (χ3v) is 6.53. The van der Waals surface area contributed by atoms with Gasteiger partial charge in [0.25, 0.3) is 5.91 Å². The van der Waals surface area contributed by atoms with Crippen molar-refractivity contribution in [2.24, 2.45) is 0 Å². The van der Waals surface area contributed by atoms with Crippen LogP contribution in [0.15, 0.2) is 67.0 Å². The van der Waals surface area contributed by atoms with Crippen molar-refractivity contribution in [2.75, 3.05) is 18.8 Å². The maximum Gasteiger partial charge on any atom is 0.407 e. The van der Waals surface area contributed by atoms with Crippen LogP contribution in [0.25, 0.3) is 16.6 Å². The fraction of sp³-hybridized carbons (Fsp3) is 0.231. The minimum atomic E-state index is -0.891. The molecule has 0 spiro atoms. The van der Waals surface area contributed by atoms with Gasteiger partial charge in [0.2, 0.25) is 0 Å². The second kappa shape index (κ2) is 9.46. The highest BCUT2D eigenvalue weighted by atomic mass is 16.4. The average molecular weight is 471 g/mol. The summed E-state index contributed by atoms with van der Waals surface area (Å²) in [6.07, 6.45) is 1.93. The van der Waals surface area contributed by atoms with Gasteiger partial charge in [0.15, 0.2) is 5.82 Å². The summed E-state index contributed by atoms with van der Waals surface area (Å²) < 4.78 is 1.81. The van der Waals surface area contributed by atoms with Gasteiger partial charge in [0, 0.05) is 42.4 Å². The number of nitrogens with one attached hydrogen (secondary N) is 1. The zero-order valence-corrected chi connectivity index (χ0v) is 19.1. The van der Waals surface area contributed by atoms with Crippen LogP contribution in [-0.2, 0) is 6.54 Å². The predicted molar refractivity (Wildman–Crippen MR) is 132 cm³/mol. The SMILES string of the molecule is Nc1ncnn2c(C3CCN(C(=O)O)CC3)cc(-c3cccc(C(=O)NCc4ccccc4)c3)c12. The van der Waals surface area contributed by atoms with Gasteiger partial charge in [-0.15, -0.1) is 0 Å². The van der Waals surface area contributed by atoms with Crippen LogP contribution in [0.5, 0.6) is 0 Å². The number of carbonyl (C=O) groups is 2. The number of hydrogen-bond acceptors (Lipinski definition) is 5. The second-order valence-electron chi connectivity index (χ2n) is 8.68. The number of anilines is 1. The fourth-order valence-electron chi connectivity index (χ4n) is 4.68. The molecule has 1 fully saturated rings. The van der Waals surface area contributed by atoms with Crippen molar-refractivity contribution < 1.29 is 14.7 Å². The predicted octanol–water partition coefficient (Wildman–Crippen LogP) is 3.77. The number of nitrogen functional groups attached to an aromatic ring is 1. The molecule has 1 aliphatic rings. The molecule has 1 saturated heterocycles. The Kier molecular flexibility index (Phi) is 6.05. The monoisotopic (exact) mass is 470 g/mol. The maximum absolute atomic E-state index is 12.9. The van der Waals surface area contributed by atoms with E-state index in [1.807, 2.05) is 54.6 Å². The molecule has 35 heavy (non-hydrogen) atoms. The van der Waals surface area contributed by atoms with Gasteiger partial charge in [0.1, 0.15) is 11.8 Å². The lowest BCUT2D eigenvalue weighted by Crippen LogP contribution is -2.37. The van der Waals surface area contributed by atoms with Crippen molar-refractivity contribution in [2.45, 2.75) is 25.3 Å². The first kappa shape index (κ1) is 22.4. The van der Waals surface area contributed by atoms with E-state index in [-0.39, 0.29) is 11.8 Å². The highest BCUT2D eigenvalue weighted by Gasteiger charge is 2.27. The number of fused-ring (bicyclic) bond motifs is 1. The summed E-state index contributed by atoms with van der Waals surface area (Å²) in [5, 5.41) is 16.7. The van der Waals surface area contributed by atoms with Crippen LogP contribution in [0.2, 0.25) is 0 Å². The molecule has 0 saturated carbocycles. The van der Waals surface area contributed by atoms with Gasteiger partial charge in [0.05, 0.1) is 0 Å². The Labute approximate surface area is 202 Å². The second-order valence-corrected chi connectivity index (χ2v) is 8.68. The van der Waals surface area contributed by atoms with E-state index in [0.29, 0.717) is 49.4 Å². The third-order valence-electron chi connectivity index (χ3n) is 6.53.